The minimum atomic E-state index is -0.414. The fourth-order valence-electron chi connectivity index (χ4n) is 3.20. The molecule has 0 aromatic heterocycles. The number of hydrogen-bond acceptors (Lipinski definition) is 2. The lowest BCUT2D eigenvalue weighted by molar-refractivity contribution is 0.161. The van der Waals surface area contributed by atoms with Crippen molar-refractivity contribution in [3.05, 3.63) is 101 Å². The third-order valence-corrected chi connectivity index (χ3v) is 4.75. The van der Waals surface area contributed by atoms with Gasteiger partial charge in [-0.05, 0) is 49.1 Å². The molecular weight excluding hydrogens is 346 g/mol. The number of carbonyl (C=O) groups is 1. The van der Waals surface area contributed by atoms with Crippen LogP contribution in [0.4, 0.5) is 10.5 Å². The number of amides is 1. The fraction of sp³-hybridized carbons (Fsp3) is 0.240. The van der Waals surface area contributed by atoms with E-state index in [1.54, 1.807) is 0 Å². The Kier molecular flexibility index (Phi) is 6.49. The highest BCUT2D eigenvalue weighted by molar-refractivity contribution is 5.84. The molecule has 0 spiro atoms. The first-order valence-corrected chi connectivity index (χ1v) is 9.73. The Morgan fingerprint density at radius 1 is 0.786 bits per heavy atom. The minimum Gasteiger partial charge on any atom is -0.449 e. The van der Waals surface area contributed by atoms with Crippen molar-refractivity contribution in [2.45, 2.75) is 33.1 Å². The van der Waals surface area contributed by atoms with Gasteiger partial charge in [-0.1, -0.05) is 78.7 Å². The highest BCUT2D eigenvalue weighted by Gasteiger charge is 2.17. The van der Waals surface area contributed by atoms with Gasteiger partial charge in [0.15, 0.2) is 0 Å². The first-order valence-electron chi connectivity index (χ1n) is 9.73. The van der Waals surface area contributed by atoms with Gasteiger partial charge < -0.3 is 4.74 Å². The van der Waals surface area contributed by atoms with Crippen LogP contribution in [0, 0.1) is 13.8 Å². The van der Waals surface area contributed by atoms with Gasteiger partial charge in [0.1, 0.15) is 0 Å². The van der Waals surface area contributed by atoms with Gasteiger partial charge in [-0.3, -0.25) is 5.32 Å². The molecule has 0 saturated carbocycles. The van der Waals surface area contributed by atoms with Gasteiger partial charge in [-0.25, -0.2) is 4.79 Å². The highest BCUT2D eigenvalue weighted by Crippen LogP contribution is 2.33. The molecule has 1 amide bonds. The van der Waals surface area contributed by atoms with Crippen LogP contribution in [0.2, 0.25) is 0 Å². The third kappa shape index (κ3) is 5.01. The van der Waals surface area contributed by atoms with E-state index in [2.05, 4.69) is 79.8 Å². The molecule has 1 N–H and O–H groups in total. The van der Waals surface area contributed by atoms with E-state index in [0.717, 1.165) is 12.1 Å². The van der Waals surface area contributed by atoms with Crippen LogP contribution in [0.3, 0.4) is 0 Å². The summed E-state index contributed by atoms with van der Waals surface area (Å²) in [6.45, 7) is 6.59. The predicted octanol–water partition coefficient (Wildman–Crippen LogP) is 6.44. The average Bonchev–Trinajstić information content (AvgIpc) is 2.71. The standard InChI is InChI=1S/C25H27NO2/c1-4-17-28-25(27)26-23-15-13-22(14-16-23)24(20-9-5-18(2)6-10-20)21-11-7-19(3)8-12-21/h5-16,24H,4,17H2,1-3H3,(H,26,27). The average molecular weight is 373 g/mol. The molecule has 28 heavy (non-hydrogen) atoms. The van der Waals surface area contributed by atoms with Crippen molar-refractivity contribution in [2.24, 2.45) is 0 Å². The van der Waals surface area contributed by atoms with Crippen LogP contribution in [0.5, 0.6) is 0 Å². The molecule has 3 aromatic carbocycles. The topological polar surface area (TPSA) is 38.3 Å². The molecule has 3 rings (SSSR count). The second kappa shape index (κ2) is 9.23. The summed E-state index contributed by atoms with van der Waals surface area (Å²) in [6, 6.07) is 25.3. The van der Waals surface area contributed by atoms with E-state index in [1.807, 2.05) is 19.1 Å². The summed E-state index contributed by atoms with van der Waals surface area (Å²) in [5.74, 6) is 0.141. The second-order valence-electron chi connectivity index (χ2n) is 7.14. The number of rotatable bonds is 6. The van der Waals surface area contributed by atoms with Gasteiger partial charge in [0.25, 0.3) is 0 Å². The molecule has 0 unspecified atom stereocenters. The molecule has 144 valence electrons. The molecule has 0 fully saturated rings. The number of hydrogen-bond donors (Lipinski definition) is 1. The van der Waals surface area contributed by atoms with Crippen molar-refractivity contribution in [1.29, 1.82) is 0 Å². The summed E-state index contributed by atoms with van der Waals surface area (Å²) in [4.78, 5) is 11.8. The first kappa shape index (κ1) is 19.7. The van der Waals surface area contributed by atoms with Gasteiger partial charge in [0.2, 0.25) is 0 Å². The van der Waals surface area contributed by atoms with E-state index in [1.165, 1.54) is 27.8 Å². The molecule has 0 atom stereocenters. The van der Waals surface area contributed by atoms with Crippen LogP contribution in [-0.4, -0.2) is 12.7 Å². The molecule has 0 aliphatic carbocycles. The summed E-state index contributed by atoms with van der Waals surface area (Å²) in [5.41, 5.74) is 6.90. The maximum Gasteiger partial charge on any atom is 0.411 e. The lowest BCUT2D eigenvalue weighted by Gasteiger charge is -2.20. The van der Waals surface area contributed by atoms with E-state index in [9.17, 15) is 4.79 Å². The van der Waals surface area contributed by atoms with Crippen molar-refractivity contribution in [1.82, 2.24) is 0 Å². The second-order valence-corrected chi connectivity index (χ2v) is 7.14. The summed E-state index contributed by atoms with van der Waals surface area (Å²) in [7, 11) is 0. The third-order valence-electron chi connectivity index (χ3n) is 4.75. The molecule has 3 nitrogen and oxygen atoms in total. The monoisotopic (exact) mass is 373 g/mol. The van der Waals surface area contributed by atoms with E-state index in [4.69, 9.17) is 4.74 Å². The lowest BCUT2D eigenvalue weighted by atomic mass is 9.84. The van der Waals surface area contributed by atoms with Gasteiger partial charge in [0.05, 0.1) is 6.61 Å². The van der Waals surface area contributed by atoms with E-state index >= 15 is 0 Å². The highest BCUT2D eigenvalue weighted by atomic mass is 16.5. The van der Waals surface area contributed by atoms with Crippen LogP contribution >= 0.6 is 0 Å². The van der Waals surface area contributed by atoms with Crippen LogP contribution < -0.4 is 5.32 Å². The maximum atomic E-state index is 11.8. The van der Waals surface area contributed by atoms with E-state index < -0.39 is 6.09 Å². The molecule has 0 aliphatic rings. The number of nitrogens with one attached hydrogen (secondary N) is 1. The van der Waals surface area contributed by atoms with Gasteiger partial charge in [0, 0.05) is 11.6 Å². The van der Waals surface area contributed by atoms with Crippen molar-refractivity contribution in [3.63, 3.8) is 0 Å². The Hall–Kier alpha value is -3.07. The Balaban J connectivity index is 1.89. The maximum absolute atomic E-state index is 11.8. The normalized spacial score (nSPS) is 10.7. The largest absolute Gasteiger partial charge is 0.449 e. The summed E-state index contributed by atoms with van der Waals surface area (Å²) in [5, 5.41) is 2.78. The SMILES string of the molecule is CCCOC(=O)Nc1ccc(C(c2ccc(C)cc2)c2ccc(C)cc2)cc1. The Labute approximate surface area is 167 Å². The number of carbonyl (C=O) groups excluding carboxylic acids is 1. The summed E-state index contributed by atoms with van der Waals surface area (Å²) >= 11 is 0. The van der Waals surface area contributed by atoms with Crippen molar-refractivity contribution >= 4 is 11.8 Å². The lowest BCUT2D eigenvalue weighted by Crippen LogP contribution is -2.14. The zero-order chi connectivity index (χ0) is 19.9. The smallest absolute Gasteiger partial charge is 0.411 e. The number of ether oxygens (including phenoxy) is 1. The molecule has 0 heterocycles. The van der Waals surface area contributed by atoms with Gasteiger partial charge in [-0.2, -0.15) is 0 Å². The number of aryl methyl sites for hydroxylation is 2. The van der Waals surface area contributed by atoms with Crippen LogP contribution in [0.1, 0.15) is 47.1 Å². The zero-order valence-electron chi connectivity index (χ0n) is 16.7. The molecule has 0 bridgehead atoms. The molecule has 0 radical (unpaired) electrons. The zero-order valence-corrected chi connectivity index (χ0v) is 16.7. The number of benzene rings is 3. The quantitative estimate of drug-likeness (QED) is 0.505. The fourth-order valence-corrected chi connectivity index (χ4v) is 3.20. The van der Waals surface area contributed by atoms with E-state index in [-0.39, 0.29) is 5.92 Å². The predicted molar refractivity (Wildman–Crippen MR) is 115 cm³/mol. The van der Waals surface area contributed by atoms with Crippen LogP contribution in [-0.2, 0) is 4.74 Å². The minimum absolute atomic E-state index is 0.141. The van der Waals surface area contributed by atoms with Crippen molar-refractivity contribution in [2.75, 3.05) is 11.9 Å². The van der Waals surface area contributed by atoms with Crippen LogP contribution in [0.25, 0.3) is 0 Å². The first-order chi connectivity index (χ1) is 13.6. The van der Waals surface area contributed by atoms with Crippen molar-refractivity contribution < 1.29 is 9.53 Å². The summed E-state index contributed by atoms with van der Waals surface area (Å²) in [6.07, 6.45) is 0.393. The van der Waals surface area contributed by atoms with Crippen LogP contribution in [0.15, 0.2) is 72.8 Å². The van der Waals surface area contributed by atoms with Gasteiger partial charge in [-0.15, -0.1) is 0 Å². The Bertz CT molecular complexity index is 851. The molecule has 0 saturated heterocycles. The molecule has 3 heteroatoms. The number of anilines is 1. The molecular formula is C25H27NO2. The van der Waals surface area contributed by atoms with Crippen molar-refractivity contribution in [3.8, 4) is 0 Å². The molecule has 3 aromatic rings. The summed E-state index contributed by atoms with van der Waals surface area (Å²) < 4.78 is 5.08. The molecule has 0 aliphatic heterocycles. The Morgan fingerprint density at radius 2 is 1.21 bits per heavy atom. The Morgan fingerprint density at radius 3 is 1.64 bits per heavy atom. The van der Waals surface area contributed by atoms with E-state index in [0.29, 0.717) is 6.61 Å². The van der Waals surface area contributed by atoms with Gasteiger partial charge >= 0.3 is 6.09 Å².